The number of methoxy groups -OCH3 is 2. The van der Waals surface area contributed by atoms with Crippen molar-refractivity contribution >= 4 is 17.4 Å². The molecule has 0 aromatic heterocycles. The monoisotopic (exact) mass is 513 g/mol. The third-order valence-corrected chi connectivity index (χ3v) is 5.85. The third-order valence-electron chi connectivity index (χ3n) is 5.85. The molecule has 1 amide bonds. The summed E-state index contributed by atoms with van der Waals surface area (Å²) < 4.78 is 52.5. The van der Waals surface area contributed by atoms with Crippen molar-refractivity contribution in [2.45, 2.75) is 18.9 Å². The molecule has 1 saturated heterocycles. The maximum absolute atomic E-state index is 13.2. The van der Waals surface area contributed by atoms with Crippen molar-refractivity contribution in [3.63, 3.8) is 0 Å². The molecule has 1 N–H and O–H groups in total. The number of benzene rings is 3. The van der Waals surface area contributed by atoms with Crippen LogP contribution in [-0.2, 0) is 16.1 Å². The minimum Gasteiger partial charge on any atom is -0.507 e. The van der Waals surface area contributed by atoms with E-state index in [0.29, 0.717) is 28.2 Å². The Balaban J connectivity index is 1.82. The van der Waals surface area contributed by atoms with E-state index >= 15 is 0 Å². The molecule has 1 unspecified atom stereocenters. The van der Waals surface area contributed by atoms with Gasteiger partial charge in [0.05, 0.1) is 32.4 Å². The van der Waals surface area contributed by atoms with Gasteiger partial charge in [0.15, 0.2) is 0 Å². The zero-order valence-electron chi connectivity index (χ0n) is 19.8. The smallest absolute Gasteiger partial charge is 0.507 e. The lowest BCUT2D eigenvalue weighted by atomic mass is 9.95. The molecule has 3 aromatic rings. The molecular formula is C27H22F3NO6. The highest BCUT2D eigenvalue weighted by atomic mass is 19.4. The number of hydrogen-bond donors (Lipinski definition) is 1. The summed E-state index contributed by atoms with van der Waals surface area (Å²) in [5, 5.41) is 11.1. The van der Waals surface area contributed by atoms with Crippen LogP contribution in [0.25, 0.3) is 5.76 Å². The molecule has 1 aliphatic rings. The van der Waals surface area contributed by atoms with E-state index < -0.39 is 35.6 Å². The Kier molecular flexibility index (Phi) is 7.10. The number of alkyl halides is 3. The summed E-state index contributed by atoms with van der Waals surface area (Å²) in [6, 6.07) is 16.8. The normalized spacial score (nSPS) is 17.1. The van der Waals surface area contributed by atoms with E-state index in [1.807, 2.05) is 0 Å². The Labute approximate surface area is 210 Å². The van der Waals surface area contributed by atoms with Crippen LogP contribution in [0.2, 0.25) is 0 Å². The van der Waals surface area contributed by atoms with E-state index in [0.717, 1.165) is 12.1 Å². The Morgan fingerprint density at radius 1 is 0.919 bits per heavy atom. The van der Waals surface area contributed by atoms with Crippen LogP contribution in [0.5, 0.6) is 17.2 Å². The molecule has 37 heavy (non-hydrogen) atoms. The number of likely N-dealkylation sites (tertiary alicyclic amines) is 1. The fourth-order valence-corrected chi connectivity index (χ4v) is 4.16. The molecule has 1 fully saturated rings. The first-order valence-electron chi connectivity index (χ1n) is 11.0. The number of Topliss-reactive ketones (excluding diaryl/α,β-unsaturated/α-hetero) is 1. The molecule has 1 heterocycles. The first kappa shape index (κ1) is 25.6. The van der Waals surface area contributed by atoms with Gasteiger partial charge in [-0.15, -0.1) is 13.2 Å². The van der Waals surface area contributed by atoms with Gasteiger partial charge in [-0.2, -0.15) is 0 Å². The predicted molar refractivity (Wildman–Crippen MR) is 127 cm³/mol. The first-order chi connectivity index (χ1) is 17.6. The Bertz CT molecular complexity index is 1340. The lowest BCUT2D eigenvalue weighted by Crippen LogP contribution is -2.29. The van der Waals surface area contributed by atoms with Crippen LogP contribution in [0.1, 0.15) is 22.7 Å². The molecule has 0 radical (unpaired) electrons. The van der Waals surface area contributed by atoms with Crippen molar-refractivity contribution < 1.29 is 42.1 Å². The van der Waals surface area contributed by atoms with Crippen LogP contribution in [0.4, 0.5) is 13.2 Å². The summed E-state index contributed by atoms with van der Waals surface area (Å²) in [7, 11) is 2.93. The molecule has 4 rings (SSSR count). The number of halogens is 3. The quantitative estimate of drug-likeness (QED) is 0.265. The number of rotatable bonds is 7. The van der Waals surface area contributed by atoms with Crippen LogP contribution in [-0.4, -0.2) is 42.3 Å². The van der Waals surface area contributed by atoms with Gasteiger partial charge in [-0.05, 0) is 29.8 Å². The SMILES string of the molecule is COc1ccc(CN2C(=O)C(=O)C(=C(O)c3ccccc3)C2c2ccc(OC(F)(F)F)cc2)c(OC)c1. The average molecular weight is 513 g/mol. The van der Waals surface area contributed by atoms with Crippen molar-refractivity contribution in [2.75, 3.05) is 14.2 Å². The van der Waals surface area contributed by atoms with E-state index in [-0.39, 0.29) is 12.1 Å². The molecule has 0 spiro atoms. The summed E-state index contributed by atoms with van der Waals surface area (Å²) in [6.45, 7) is -0.0885. The molecule has 1 aliphatic heterocycles. The molecule has 0 saturated carbocycles. The van der Waals surface area contributed by atoms with Gasteiger partial charge in [0.1, 0.15) is 23.0 Å². The summed E-state index contributed by atoms with van der Waals surface area (Å²) in [4.78, 5) is 27.6. The number of ketones is 1. The summed E-state index contributed by atoms with van der Waals surface area (Å²) in [5.74, 6) is -1.75. The number of nitrogens with zero attached hydrogens (tertiary/aromatic N) is 1. The standard InChI is InChI=1S/C27H22F3NO6/c1-35-20-13-10-18(21(14-20)36-2)15-31-23(16-8-11-19(12-9-16)37-27(28,29)30)22(25(33)26(31)34)24(32)17-6-4-3-5-7-17/h3-14,23,32H,15H2,1-2H3. The van der Waals surface area contributed by atoms with E-state index in [2.05, 4.69) is 4.74 Å². The van der Waals surface area contributed by atoms with Gasteiger partial charge < -0.3 is 24.2 Å². The van der Waals surface area contributed by atoms with Crippen LogP contribution < -0.4 is 14.2 Å². The van der Waals surface area contributed by atoms with Crippen molar-refractivity contribution in [3.05, 3.63) is 95.1 Å². The Morgan fingerprint density at radius 2 is 1.57 bits per heavy atom. The maximum atomic E-state index is 13.2. The fraction of sp³-hybridized carbons (Fsp3) is 0.185. The van der Waals surface area contributed by atoms with Crippen LogP contribution in [0, 0.1) is 0 Å². The van der Waals surface area contributed by atoms with Crippen LogP contribution in [0.3, 0.4) is 0 Å². The molecule has 3 aromatic carbocycles. The number of ether oxygens (including phenoxy) is 3. The number of aliphatic hydroxyl groups is 1. The minimum absolute atomic E-state index is 0.0885. The van der Waals surface area contributed by atoms with Crippen molar-refractivity contribution in [1.29, 1.82) is 0 Å². The predicted octanol–water partition coefficient (Wildman–Crippen LogP) is 5.22. The van der Waals surface area contributed by atoms with Gasteiger partial charge in [0.25, 0.3) is 11.7 Å². The maximum Gasteiger partial charge on any atom is 0.573 e. The number of carbonyl (C=O) groups is 2. The highest BCUT2D eigenvalue weighted by Gasteiger charge is 2.46. The number of amides is 1. The van der Waals surface area contributed by atoms with E-state index in [1.54, 1.807) is 48.5 Å². The molecule has 0 aliphatic carbocycles. The van der Waals surface area contributed by atoms with Gasteiger partial charge in [0.2, 0.25) is 0 Å². The Morgan fingerprint density at radius 3 is 2.16 bits per heavy atom. The second-order valence-electron chi connectivity index (χ2n) is 8.09. The number of aliphatic hydroxyl groups excluding tert-OH is 1. The van der Waals surface area contributed by atoms with E-state index in [9.17, 15) is 27.9 Å². The lowest BCUT2D eigenvalue weighted by molar-refractivity contribution is -0.274. The van der Waals surface area contributed by atoms with Crippen molar-refractivity contribution in [1.82, 2.24) is 4.90 Å². The van der Waals surface area contributed by atoms with Gasteiger partial charge >= 0.3 is 6.36 Å². The van der Waals surface area contributed by atoms with E-state index in [4.69, 9.17) is 9.47 Å². The third kappa shape index (κ3) is 5.37. The second-order valence-corrected chi connectivity index (χ2v) is 8.09. The zero-order valence-corrected chi connectivity index (χ0v) is 19.8. The summed E-state index contributed by atoms with van der Waals surface area (Å²) in [6.07, 6.45) is -4.88. The summed E-state index contributed by atoms with van der Waals surface area (Å²) >= 11 is 0. The highest BCUT2D eigenvalue weighted by Crippen LogP contribution is 2.42. The van der Waals surface area contributed by atoms with Crippen LogP contribution >= 0.6 is 0 Å². The van der Waals surface area contributed by atoms with Gasteiger partial charge in [-0.1, -0.05) is 42.5 Å². The summed E-state index contributed by atoms with van der Waals surface area (Å²) in [5.41, 5.74) is 0.975. The second kappa shape index (κ2) is 10.3. The van der Waals surface area contributed by atoms with Gasteiger partial charge in [-0.3, -0.25) is 9.59 Å². The molecule has 192 valence electrons. The zero-order chi connectivity index (χ0) is 26.7. The van der Waals surface area contributed by atoms with E-state index in [1.165, 1.54) is 31.3 Å². The van der Waals surface area contributed by atoms with Gasteiger partial charge in [0, 0.05) is 17.2 Å². The Hall–Kier alpha value is -4.47. The first-order valence-corrected chi connectivity index (χ1v) is 11.0. The minimum atomic E-state index is -4.88. The number of hydrogen-bond acceptors (Lipinski definition) is 6. The fourth-order valence-electron chi connectivity index (χ4n) is 4.16. The van der Waals surface area contributed by atoms with Gasteiger partial charge in [-0.25, -0.2) is 0 Å². The molecular weight excluding hydrogens is 491 g/mol. The van der Waals surface area contributed by atoms with Crippen LogP contribution in [0.15, 0.2) is 78.4 Å². The average Bonchev–Trinajstić information content (AvgIpc) is 3.13. The largest absolute Gasteiger partial charge is 0.573 e. The molecule has 7 nitrogen and oxygen atoms in total. The van der Waals surface area contributed by atoms with Crippen molar-refractivity contribution in [3.8, 4) is 17.2 Å². The van der Waals surface area contributed by atoms with Crippen molar-refractivity contribution in [2.24, 2.45) is 0 Å². The topological polar surface area (TPSA) is 85.3 Å². The lowest BCUT2D eigenvalue weighted by Gasteiger charge is -2.26. The number of carbonyl (C=O) groups excluding carboxylic acids is 2. The highest BCUT2D eigenvalue weighted by molar-refractivity contribution is 6.46. The molecule has 10 heteroatoms. The molecule has 0 bridgehead atoms. The molecule has 1 atom stereocenters.